The Labute approximate surface area is 108 Å². The molecule has 0 atom stereocenters. The molecule has 0 amide bonds. The Bertz CT molecular complexity index is 449. The van der Waals surface area contributed by atoms with Gasteiger partial charge in [0.1, 0.15) is 11.6 Å². The van der Waals surface area contributed by atoms with Gasteiger partial charge in [0, 0.05) is 11.8 Å². The quantitative estimate of drug-likeness (QED) is 0.454. The summed E-state index contributed by atoms with van der Waals surface area (Å²) in [6.07, 6.45) is 0.195. The van der Waals surface area contributed by atoms with Crippen molar-refractivity contribution in [1.82, 2.24) is 0 Å². The molecule has 0 aliphatic rings. The minimum atomic E-state index is -0.867. The van der Waals surface area contributed by atoms with Gasteiger partial charge in [-0.3, -0.25) is 9.59 Å². The number of benzene rings is 1. The molecule has 0 N–H and O–H groups in total. The van der Waals surface area contributed by atoms with Crippen LogP contribution >= 0.6 is 11.8 Å². The maximum Gasteiger partial charge on any atom is 0.306 e. The third kappa shape index (κ3) is 4.44. The van der Waals surface area contributed by atoms with Gasteiger partial charge in [0.2, 0.25) is 0 Å². The van der Waals surface area contributed by atoms with E-state index in [0.717, 1.165) is 12.1 Å². The summed E-state index contributed by atoms with van der Waals surface area (Å²) in [5.41, 5.74) is -0.137. The van der Waals surface area contributed by atoms with Crippen molar-refractivity contribution in [3.8, 4) is 0 Å². The van der Waals surface area contributed by atoms with E-state index in [-0.39, 0.29) is 23.7 Å². The number of ether oxygens (including phenoxy) is 1. The molecule has 3 nitrogen and oxygen atoms in total. The van der Waals surface area contributed by atoms with E-state index in [1.54, 1.807) is 0 Å². The standard InChI is InChI=1S/C12H12F2O3S/c1-17-12(16)4-5-18-7-11(15)9-3-2-8(13)6-10(9)14/h2-3,6H,4-5,7H2,1H3. The molecule has 0 spiro atoms. The van der Waals surface area contributed by atoms with Crippen LogP contribution in [0.25, 0.3) is 0 Å². The predicted octanol–water partition coefficient (Wildman–Crippen LogP) is 2.44. The van der Waals surface area contributed by atoms with Gasteiger partial charge in [-0.05, 0) is 12.1 Å². The van der Waals surface area contributed by atoms with E-state index in [0.29, 0.717) is 11.8 Å². The summed E-state index contributed by atoms with van der Waals surface area (Å²) in [5, 5.41) is 0. The Morgan fingerprint density at radius 3 is 2.67 bits per heavy atom. The molecule has 1 rings (SSSR count). The highest BCUT2D eigenvalue weighted by molar-refractivity contribution is 8.00. The number of Topliss-reactive ketones (excluding diaryl/α,β-unsaturated/α-hetero) is 1. The molecule has 0 radical (unpaired) electrons. The number of ketones is 1. The average Bonchev–Trinajstić information content (AvgIpc) is 2.34. The number of methoxy groups -OCH3 is 1. The third-order valence-corrected chi connectivity index (χ3v) is 3.10. The van der Waals surface area contributed by atoms with E-state index in [1.165, 1.54) is 18.9 Å². The van der Waals surface area contributed by atoms with Crippen molar-refractivity contribution in [1.29, 1.82) is 0 Å². The minimum absolute atomic E-state index is 0.0412. The smallest absolute Gasteiger partial charge is 0.306 e. The molecule has 1 aromatic rings. The lowest BCUT2D eigenvalue weighted by Crippen LogP contribution is -2.07. The molecule has 6 heteroatoms. The summed E-state index contributed by atoms with van der Waals surface area (Å²) in [7, 11) is 1.28. The van der Waals surface area contributed by atoms with Crippen LogP contribution in [0.1, 0.15) is 16.8 Å². The third-order valence-electron chi connectivity index (χ3n) is 2.14. The van der Waals surface area contributed by atoms with Gasteiger partial charge in [-0.1, -0.05) is 0 Å². The second kappa shape index (κ2) is 7.10. The number of halogens is 2. The van der Waals surface area contributed by atoms with E-state index in [9.17, 15) is 18.4 Å². The van der Waals surface area contributed by atoms with Gasteiger partial charge in [0.25, 0.3) is 0 Å². The number of hydrogen-bond donors (Lipinski definition) is 0. The number of thioether (sulfide) groups is 1. The topological polar surface area (TPSA) is 43.4 Å². The fourth-order valence-electron chi connectivity index (χ4n) is 1.22. The fourth-order valence-corrected chi connectivity index (χ4v) is 2.01. The second-order valence-corrected chi connectivity index (χ2v) is 4.53. The van der Waals surface area contributed by atoms with E-state index < -0.39 is 17.4 Å². The van der Waals surface area contributed by atoms with Crippen LogP contribution in [0.2, 0.25) is 0 Å². The first-order valence-corrected chi connectivity index (χ1v) is 6.33. The molecule has 1 aromatic carbocycles. The van der Waals surface area contributed by atoms with Crippen molar-refractivity contribution < 1.29 is 23.1 Å². The number of carbonyl (C=O) groups excluding carboxylic acids is 2. The normalized spacial score (nSPS) is 10.2. The Morgan fingerprint density at radius 1 is 1.33 bits per heavy atom. The molecule has 0 aliphatic heterocycles. The van der Waals surface area contributed by atoms with Gasteiger partial charge >= 0.3 is 5.97 Å². The first-order valence-electron chi connectivity index (χ1n) is 5.17. The Hall–Kier alpha value is -1.43. The zero-order valence-electron chi connectivity index (χ0n) is 9.74. The highest BCUT2D eigenvalue weighted by atomic mass is 32.2. The molecule has 0 heterocycles. The highest BCUT2D eigenvalue weighted by Crippen LogP contribution is 2.13. The first-order chi connectivity index (χ1) is 8.54. The van der Waals surface area contributed by atoms with Gasteiger partial charge in [-0.25, -0.2) is 8.78 Å². The summed E-state index contributed by atoms with van der Waals surface area (Å²) in [5.74, 6) is -1.91. The van der Waals surface area contributed by atoms with Crippen LogP contribution in [-0.4, -0.2) is 30.4 Å². The maximum absolute atomic E-state index is 13.2. The zero-order chi connectivity index (χ0) is 13.5. The Kier molecular flexibility index (Phi) is 5.77. The summed E-state index contributed by atoms with van der Waals surface area (Å²) in [4.78, 5) is 22.4. The van der Waals surface area contributed by atoms with Crippen LogP contribution < -0.4 is 0 Å². The molecule has 0 aliphatic carbocycles. The monoisotopic (exact) mass is 274 g/mol. The lowest BCUT2D eigenvalue weighted by molar-refractivity contribution is -0.140. The average molecular weight is 274 g/mol. The molecule has 0 unspecified atom stereocenters. The van der Waals surface area contributed by atoms with Gasteiger partial charge in [-0.2, -0.15) is 11.8 Å². The van der Waals surface area contributed by atoms with E-state index in [2.05, 4.69) is 4.74 Å². The van der Waals surface area contributed by atoms with Crippen LogP contribution in [0.3, 0.4) is 0 Å². The van der Waals surface area contributed by atoms with Crippen LogP contribution in [-0.2, 0) is 9.53 Å². The van der Waals surface area contributed by atoms with Crippen molar-refractivity contribution in [3.05, 3.63) is 35.4 Å². The SMILES string of the molecule is COC(=O)CCSCC(=O)c1ccc(F)cc1F. The molecular weight excluding hydrogens is 262 g/mol. The summed E-state index contributed by atoms with van der Waals surface area (Å²) < 4.78 is 30.3. The number of carbonyl (C=O) groups is 2. The van der Waals surface area contributed by atoms with Gasteiger partial charge in [0.05, 0.1) is 24.8 Å². The van der Waals surface area contributed by atoms with E-state index in [1.807, 2.05) is 0 Å². The number of hydrogen-bond acceptors (Lipinski definition) is 4. The van der Waals surface area contributed by atoms with Crippen molar-refractivity contribution in [3.63, 3.8) is 0 Å². The second-order valence-electron chi connectivity index (χ2n) is 3.43. The molecule has 0 fully saturated rings. The lowest BCUT2D eigenvalue weighted by Gasteiger charge is -2.03. The molecule has 0 aromatic heterocycles. The molecule has 98 valence electrons. The lowest BCUT2D eigenvalue weighted by atomic mass is 10.1. The van der Waals surface area contributed by atoms with Crippen LogP contribution in [0, 0.1) is 11.6 Å². The van der Waals surface area contributed by atoms with Gasteiger partial charge in [-0.15, -0.1) is 0 Å². The van der Waals surface area contributed by atoms with Crippen LogP contribution in [0.15, 0.2) is 18.2 Å². The van der Waals surface area contributed by atoms with Gasteiger partial charge < -0.3 is 4.74 Å². The number of esters is 1. The highest BCUT2D eigenvalue weighted by Gasteiger charge is 2.12. The molecule has 0 saturated heterocycles. The molecule has 18 heavy (non-hydrogen) atoms. The van der Waals surface area contributed by atoms with E-state index >= 15 is 0 Å². The van der Waals surface area contributed by atoms with Crippen LogP contribution in [0.5, 0.6) is 0 Å². The Balaban J connectivity index is 2.43. The fraction of sp³-hybridized carbons (Fsp3) is 0.333. The largest absolute Gasteiger partial charge is 0.469 e. The van der Waals surface area contributed by atoms with Crippen molar-refractivity contribution in [2.24, 2.45) is 0 Å². The van der Waals surface area contributed by atoms with Gasteiger partial charge in [0.15, 0.2) is 5.78 Å². The molecular formula is C12H12F2O3S. The first kappa shape index (κ1) is 14.6. The zero-order valence-corrected chi connectivity index (χ0v) is 10.6. The van der Waals surface area contributed by atoms with Crippen molar-refractivity contribution in [2.75, 3.05) is 18.6 Å². The van der Waals surface area contributed by atoms with Crippen LogP contribution in [0.4, 0.5) is 8.78 Å². The van der Waals surface area contributed by atoms with Crippen molar-refractivity contribution in [2.45, 2.75) is 6.42 Å². The van der Waals surface area contributed by atoms with E-state index in [4.69, 9.17) is 0 Å². The summed E-state index contributed by atoms with van der Waals surface area (Å²) >= 11 is 1.20. The Morgan fingerprint density at radius 2 is 2.06 bits per heavy atom. The molecule has 0 saturated carbocycles. The summed E-state index contributed by atoms with van der Waals surface area (Å²) in [6.45, 7) is 0. The molecule has 0 bridgehead atoms. The predicted molar refractivity (Wildman–Crippen MR) is 64.6 cm³/mol. The maximum atomic E-state index is 13.2. The minimum Gasteiger partial charge on any atom is -0.469 e. The van der Waals surface area contributed by atoms with Crippen molar-refractivity contribution >= 4 is 23.5 Å². The summed E-state index contributed by atoms with van der Waals surface area (Å²) in [6, 6.07) is 2.83. The number of rotatable bonds is 6.